The van der Waals surface area contributed by atoms with Gasteiger partial charge in [-0.2, -0.15) is 0 Å². The average molecular weight is 444 g/mol. The summed E-state index contributed by atoms with van der Waals surface area (Å²) < 4.78 is 0. The van der Waals surface area contributed by atoms with Gasteiger partial charge in [0, 0.05) is 49.9 Å². The first-order valence-corrected chi connectivity index (χ1v) is 10.7. The average Bonchev–Trinajstić information content (AvgIpc) is 3.11. The van der Waals surface area contributed by atoms with E-state index >= 15 is 0 Å². The standard InChI is InChI=1S/C21H33N5O.2ClH/c1-14(2)20-22-15(3)12-19(24-20)25-8-10-26(11-9-25)21(27)18-13-16-6-4-5-7-17(16)23-18;;/h12,14,16-18,23H,4-11,13H2,1-3H3;2*1H. The number of piperazine rings is 1. The molecule has 1 amide bonds. The van der Waals surface area contributed by atoms with Crippen LogP contribution in [0.3, 0.4) is 0 Å². The molecular formula is C21H35Cl2N5O. The first-order chi connectivity index (χ1) is 13.0. The van der Waals surface area contributed by atoms with Gasteiger partial charge in [-0.15, -0.1) is 24.8 Å². The van der Waals surface area contributed by atoms with Crippen molar-refractivity contribution in [2.75, 3.05) is 31.1 Å². The number of nitrogens with zero attached hydrogens (tertiary/aromatic N) is 4. The van der Waals surface area contributed by atoms with E-state index in [1.165, 1.54) is 25.7 Å². The minimum atomic E-state index is 0. The molecule has 0 bridgehead atoms. The minimum Gasteiger partial charge on any atom is -0.353 e. The van der Waals surface area contributed by atoms with Crippen LogP contribution < -0.4 is 10.2 Å². The van der Waals surface area contributed by atoms with Gasteiger partial charge >= 0.3 is 0 Å². The third-order valence-electron chi connectivity index (χ3n) is 6.45. The van der Waals surface area contributed by atoms with Crippen LogP contribution >= 0.6 is 24.8 Å². The van der Waals surface area contributed by atoms with Crippen LogP contribution in [0.15, 0.2) is 6.07 Å². The van der Waals surface area contributed by atoms with E-state index in [1.54, 1.807) is 0 Å². The number of hydrogen-bond acceptors (Lipinski definition) is 5. The maximum atomic E-state index is 13.0. The molecule has 1 aliphatic carbocycles. The fourth-order valence-corrected chi connectivity index (χ4v) is 4.88. The Morgan fingerprint density at radius 2 is 1.79 bits per heavy atom. The Kier molecular flexibility index (Phi) is 8.56. The molecule has 8 heteroatoms. The number of fused-ring (bicyclic) bond motifs is 1. The van der Waals surface area contributed by atoms with E-state index in [0.29, 0.717) is 23.8 Å². The van der Waals surface area contributed by atoms with Crippen LogP contribution in [0.25, 0.3) is 0 Å². The van der Waals surface area contributed by atoms with Gasteiger partial charge in [-0.1, -0.05) is 26.7 Å². The van der Waals surface area contributed by atoms with Crippen molar-refractivity contribution in [3.05, 3.63) is 17.6 Å². The molecule has 29 heavy (non-hydrogen) atoms. The lowest BCUT2D eigenvalue weighted by molar-refractivity contribution is -0.133. The van der Waals surface area contributed by atoms with Gasteiger partial charge in [0.15, 0.2) is 0 Å². The van der Waals surface area contributed by atoms with Crippen molar-refractivity contribution in [2.45, 2.75) is 70.9 Å². The number of carbonyl (C=O) groups excluding carboxylic acids is 1. The van der Waals surface area contributed by atoms with Gasteiger partial charge in [-0.25, -0.2) is 9.97 Å². The SMILES string of the molecule is Cc1cc(N2CCN(C(=O)C3CC4CCCCC4N3)CC2)nc(C(C)C)n1.Cl.Cl. The highest BCUT2D eigenvalue weighted by Gasteiger charge is 2.40. The van der Waals surface area contributed by atoms with Gasteiger partial charge in [0.1, 0.15) is 11.6 Å². The number of aromatic nitrogens is 2. The first-order valence-electron chi connectivity index (χ1n) is 10.7. The van der Waals surface area contributed by atoms with Crippen molar-refractivity contribution in [3.63, 3.8) is 0 Å². The van der Waals surface area contributed by atoms with Crippen molar-refractivity contribution >= 4 is 36.5 Å². The molecule has 3 aliphatic rings. The molecule has 3 heterocycles. The van der Waals surface area contributed by atoms with Crippen LogP contribution in [0.5, 0.6) is 0 Å². The fraction of sp³-hybridized carbons (Fsp3) is 0.762. The molecular weight excluding hydrogens is 409 g/mol. The van der Waals surface area contributed by atoms with E-state index in [9.17, 15) is 4.79 Å². The molecule has 0 aromatic carbocycles. The maximum Gasteiger partial charge on any atom is 0.239 e. The van der Waals surface area contributed by atoms with E-state index in [0.717, 1.165) is 49.9 Å². The number of halogens is 2. The number of carbonyl (C=O) groups is 1. The lowest BCUT2D eigenvalue weighted by Gasteiger charge is -2.36. The van der Waals surface area contributed by atoms with E-state index in [2.05, 4.69) is 40.0 Å². The molecule has 1 aromatic heterocycles. The largest absolute Gasteiger partial charge is 0.353 e. The van der Waals surface area contributed by atoms with Gasteiger partial charge in [-0.3, -0.25) is 4.79 Å². The van der Waals surface area contributed by atoms with Gasteiger partial charge in [-0.05, 0) is 32.1 Å². The normalized spacial score (nSPS) is 26.6. The summed E-state index contributed by atoms with van der Waals surface area (Å²) in [6.45, 7) is 9.54. The van der Waals surface area contributed by atoms with Crippen LogP contribution in [0.4, 0.5) is 5.82 Å². The van der Waals surface area contributed by atoms with Crippen LogP contribution in [-0.2, 0) is 4.79 Å². The third-order valence-corrected chi connectivity index (χ3v) is 6.45. The number of amides is 1. The summed E-state index contributed by atoms with van der Waals surface area (Å²) in [5.41, 5.74) is 1.01. The lowest BCUT2D eigenvalue weighted by Crippen LogP contribution is -2.53. The summed E-state index contributed by atoms with van der Waals surface area (Å²) in [4.78, 5) is 26.7. The molecule has 3 atom stereocenters. The summed E-state index contributed by atoms with van der Waals surface area (Å²) in [5.74, 6) is 3.26. The van der Waals surface area contributed by atoms with Crippen molar-refractivity contribution in [1.29, 1.82) is 0 Å². The number of anilines is 1. The van der Waals surface area contributed by atoms with Crippen LogP contribution in [0.2, 0.25) is 0 Å². The second-order valence-corrected chi connectivity index (χ2v) is 8.80. The minimum absolute atomic E-state index is 0. The Morgan fingerprint density at radius 1 is 1.10 bits per heavy atom. The molecule has 164 valence electrons. The topological polar surface area (TPSA) is 61.4 Å². The number of aryl methyl sites for hydroxylation is 1. The van der Waals surface area contributed by atoms with Crippen molar-refractivity contribution < 1.29 is 4.79 Å². The van der Waals surface area contributed by atoms with Crippen LogP contribution in [0, 0.1) is 12.8 Å². The third kappa shape index (κ3) is 5.33. The highest BCUT2D eigenvalue weighted by atomic mass is 35.5. The summed E-state index contributed by atoms with van der Waals surface area (Å²) >= 11 is 0. The fourth-order valence-electron chi connectivity index (χ4n) is 4.88. The van der Waals surface area contributed by atoms with Gasteiger partial charge in [0.05, 0.1) is 6.04 Å². The molecule has 0 radical (unpaired) electrons. The highest BCUT2D eigenvalue weighted by Crippen LogP contribution is 2.33. The number of nitrogens with one attached hydrogen (secondary N) is 1. The molecule has 6 nitrogen and oxygen atoms in total. The van der Waals surface area contributed by atoms with Crippen molar-refractivity contribution in [3.8, 4) is 0 Å². The van der Waals surface area contributed by atoms with E-state index < -0.39 is 0 Å². The second-order valence-electron chi connectivity index (χ2n) is 8.80. The molecule has 2 aliphatic heterocycles. The molecule has 1 N–H and O–H groups in total. The summed E-state index contributed by atoms with van der Waals surface area (Å²) in [5, 5.41) is 3.63. The molecule has 3 fully saturated rings. The predicted octanol–water partition coefficient (Wildman–Crippen LogP) is 3.32. The Bertz CT molecular complexity index is 680. The number of rotatable bonds is 3. The molecule has 2 saturated heterocycles. The van der Waals surface area contributed by atoms with Crippen molar-refractivity contribution in [2.24, 2.45) is 5.92 Å². The molecule has 3 unspecified atom stereocenters. The molecule has 1 aromatic rings. The number of hydrogen-bond donors (Lipinski definition) is 1. The lowest BCUT2D eigenvalue weighted by atomic mass is 9.85. The molecule has 1 saturated carbocycles. The summed E-state index contributed by atoms with van der Waals surface area (Å²) in [6, 6.07) is 2.68. The van der Waals surface area contributed by atoms with Gasteiger partial charge in [0.2, 0.25) is 5.91 Å². The van der Waals surface area contributed by atoms with E-state index in [1.807, 2.05) is 6.92 Å². The van der Waals surface area contributed by atoms with E-state index in [4.69, 9.17) is 4.98 Å². The smallest absolute Gasteiger partial charge is 0.239 e. The second kappa shape index (κ2) is 10.3. The molecule has 4 rings (SSSR count). The Balaban J connectivity index is 0.00000150. The van der Waals surface area contributed by atoms with Crippen molar-refractivity contribution in [1.82, 2.24) is 20.2 Å². The zero-order valence-electron chi connectivity index (χ0n) is 17.8. The highest BCUT2D eigenvalue weighted by molar-refractivity contribution is 5.85. The van der Waals surface area contributed by atoms with Gasteiger partial charge < -0.3 is 15.1 Å². The monoisotopic (exact) mass is 443 g/mol. The zero-order valence-corrected chi connectivity index (χ0v) is 19.4. The van der Waals surface area contributed by atoms with Crippen LogP contribution in [-0.4, -0.2) is 59.0 Å². The zero-order chi connectivity index (χ0) is 19.0. The first kappa shape index (κ1) is 24.2. The van der Waals surface area contributed by atoms with E-state index in [-0.39, 0.29) is 30.9 Å². The van der Waals surface area contributed by atoms with Gasteiger partial charge in [0.25, 0.3) is 0 Å². The van der Waals surface area contributed by atoms with Crippen LogP contribution in [0.1, 0.15) is 63.4 Å². The maximum absolute atomic E-state index is 13.0. The Hall–Kier alpha value is -1.11. The summed E-state index contributed by atoms with van der Waals surface area (Å²) in [6.07, 6.45) is 6.21. The summed E-state index contributed by atoms with van der Waals surface area (Å²) in [7, 11) is 0. The Morgan fingerprint density at radius 3 is 2.45 bits per heavy atom. The Labute approximate surface area is 187 Å². The quantitative estimate of drug-likeness (QED) is 0.775. The predicted molar refractivity (Wildman–Crippen MR) is 121 cm³/mol. The molecule has 0 spiro atoms.